The van der Waals surface area contributed by atoms with Gasteiger partial charge in [-0.15, -0.1) is 0 Å². The van der Waals surface area contributed by atoms with E-state index in [1.807, 2.05) is 23.2 Å². The summed E-state index contributed by atoms with van der Waals surface area (Å²) >= 11 is 0. The third-order valence-electron chi connectivity index (χ3n) is 5.33. The molecule has 29 heavy (non-hydrogen) atoms. The lowest BCUT2D eigenvalue weighted by Gasteiger charge is -2.30. The molecule has 2 aromatic heterocycles. The first-order valence-corrected chi connectivity index (χ1v) is 9.66. The van der Waals surface area contributed by atoms with Crippen LogP contribution in [0.15, 0.2) is 41.1 Å². The van der Waals surface area contributed by atoms with E-state index in [-0.39, 0.29) is 29.9 Å². The van der Waals surface area contributed by atoms with Gasteiger partial charge in [-0.2, -0.15) is 4.98 Å². The second-order valence-corrected chi connectivity index (χ2v) is 7.36. The Labute approximate surface area is 168 Å². The van der Waals surface area contributed by atoms with E-state index < -0.39 is 5.82 Å². The summed E-state index contributed by atoms with van der Waals surface area (Å²) in [6.45, 7) is 4.02. The van der Waals surface area contributed by atoms with E-state index in [4.69, 9.17) is 9.26 Å². The molecule has 0 unspecified atom stereocenters. The maximum absolute atomic E-state index is 14.0. The van der Waals surface area contributed by atoms with Gasteiger partial charge in [0.1, 0.15) is 12.2 Å². The zero-order valence-corrected chi connectivity index (χ0v) is 16.5. The van der Waals surface area contributed by atoms with Crippen LogP contribution in [0.1, 0.15) is 19.8 Å². The minimum atomic E-state index is -0.499. The van der Waals surface area contributed by atoms with E-state index in [9.17, 15) is 9.18 Å². The van der Waals surface area contributed by atoms with Crippen LogP contribution in [0, 0.1) is 11.7 Å². The van der Waals surface area contributed by atoms with Crippen LogP contribution in [-0.4, -0.2) is 45.7 Å². The predicted octanol–water partition coefficient (Wildman–Crippen LogP) is 3.61. The Morgan fingerprint density at radius 3 is 2.83 bits per heavy atom. The molecule has 1 amide bonds. The summed E-state index contributed by atoms with van der Waals surface area (Å²) < 4.78 is 26.1. The first kappa shape index (κ1) is 19.2. The van der Waals surface area contributed by atoms with Crippen LogP contribution in [0.25, 0.3) is 23.0 Å². The molecule has 1 aliphatic heterocycles. The van der Waals surface area contributed by atoms with Crippen molar-refractivity contribution in [3.63, 3.8) is 0 Å². The second-order valence-electron chi connectivity index (χ2n) is 7.36. The normalized spacial score (nSPS) is 14.9. The summed E-state index contributed by atoms with van der Waals surface area (Å²) in [5.74, 6) is 0.942. The van der Waals surface area contributed by atoms with Crippen LogP contribution >= 0.6 is 0 Å². The minimum absolute atomic E-state index is 0.0753. The number of carbonyl (C=O) groups excluding carboxylic acids is 1. The lowest BCUT2D eigenvalue weighted by Crippen LogP contribution is -2.39. The number of benzene rings is 1. The molecule has 3 aromatic rings. The number of aromatic nitrogens is 3. The molecule has 1 saturated heterocycles. The quantitative estimate of drug-likeness (QED) is 0.656. The summed E-state index contributed by atoms with van der Waals surface area (Å²) in [4.78, 5) is 19.0. The molecule has 152 valence electrons. The Kier molecular flexibility index (Phi) is 5.33. The SMILES string of the molecule is COc1ccc(-c2noc(-c3cccn3CC(=O)N3CCC(C)CC3)n2)cc1F. The number of ether oxygens (including phenoxy) is 1. The number of methoxy groups -OCH3 is 1. The molecule has 3 heterocycles. The molecule has 0 saturated carbocycles. The zero-order valence-electron chi connectivity index (χ0n) is 16.5. The summed E-state index contributed by atoms with van der Waals surface area (Å²) in [7, 11) is 1.41. The molecule has 8 heteroatoms. The number of amides is 1. The van der Waals surface area contributed by atoms with Crippen LogP contribution in [0.3, 0.4) is 0 Å². The van der Waals surface area contributed by atoms with Gasteiger partial charge in [0.25, 0.3) is 5.89 Å². The Bertz CT molecular complexity index is 1010. The van der Waals surface area contributed by atoms with Crippen molar-refractivity contribution in [1.82, 2.24) is 19.6 Å². The van der Waals surface area contributed by atoms with Gasteiger partial charge >= 0.3 is 0 Å². The van der Waals surface area contributed by atoms with Crippen LogP contribution < -0.4 is 4.74 Å². The highest BCUT2D eigenvalue weighted by Gasteiger charge is 2.22. The van der Waals surface area contributed by atoms with Crippen LogP contribution in [0.2, 0.25) is 0 Å². The smallest absolute Gasteiger partial charge is 0.274 e. The highest BCUT2D eigenvalue weighted by atomic mass is 19.1. The average Bonchev–Trinajstić information content (AvgIpc) is 3.37. The van der Waals surface area contributed by atoms with E-state index >= 15 is 0 Å². The van der Waals surface area contributed by atoms with E-state index in [1.165, 1.54) is 19.2 Å². The summed E-state index contributed by atoms with van der Waals surface area (Å²) in [6, 6.07) is 8.13. The maximum Gasteiger partial charge on any atom is 0.274 e. The van der Waals surface area contributed by atoms with Crippen LogP contribution in [-0.2, 0) is 11.3 Å². The Hall–Kier alpha value is -3.16. The molecular weight excluding hydrogens is 375 g/mol. The zero-order chi connectivity index (χ0) is 20.4. The van der Waals surface area contributed by atoms with Crippen molar-refractivity contribution in [1.29, 1.82) is 0 Å². The van der Waals surface area contributed by atoms with E-state index in [1.54, 1.807) is 10.6 Å². The number of halogens is 1. The third-order valence-corrected chi connectivity index (χ3v) is 5.33. The number of rotatable bonds is 5. The molecule has 7 nitrogen and oxygen atoms in total. The van der Waals surface area contributed by atoms with Gasteiger partial charge in [0.2, 0.25) is 11.7 Å². The molecule has 0 spiro atoms. The van der Waals surface area contributed by atoms with E-state index in [2.05, 4.69) is 17.1 Å². The fraction of sp³-hybridized carbons (Fsp3) is 0.381. The fourth-order valence-electron chi connectivity index (χ4n) is 3.50. The van der Waals surface area contributed by atoms with Gasteiger partial charge in [-0.25, -0.2) is 4.39 Å². The molecule has 0 atom stereocenters. The van der Waals surface area contributed by atoms with Crippen molar-refractivity contribution in [2.45, 2.75) is 26.3 Å². The lowest BCUT2D eigenvalue weighted by atomic mass is 9.99. The Morgan fingerprint density at radius 1 is 1.31 bits per heavy atom. The third kappa shape index (κ3) is 4.01. The maximum atomic E-state index is 14.0. The Balaban J connectivity index is 1.51. The number of piperidine rings is 1. The molecule has 1 aromatic carbocycles. The Morgan fingerprint density at radius 2 is 2.10 bits per heavy atom. The topological polar surface area (TPSA) is 73.4 Å². The molecule has 4 rings (SSSR count). The molecule has 1 aliphatic rings. The van der Waals surface area contributed by atoms with Gasteiger partial charge < -0.3 is 18.7 Å². The van der Waals surface area contributed by atoms with E-state index in [0.717, 1.165) is 25.9 Å². The van der Waals surface area contributed by atoms with Gasteiger partial charge in [0, 0.05) is 24.8 Å². The number of likely N-dealkylation sites (tertiary alicyclic amines) is 1. The van der Waals surface area contributed by atoms with Crippen molar-refractivity contribution in [2.75, 3.05) is 20.2 Å². The molecule has 1 fully saturated rings. The van der Waals surface area contributed by atoms with E-state index in [0.29, 0.717) is 17.2 Å². The monoisotopic (exact) mass is 398 g/mol. The van der Waals surface area contributed by atoms with Gasteiger partial charge in [-0.1, -0.05) is 12.1 Å². The molecular formula is C21H23FN4O3. The highest BCUT2D eigenvalue weighted by Crippen LogP contribution is 2.26. The molecule has 0 radical (unpaired) electrons. The minimum Gasteiger partial charge on any atom is -0.494 e. The fourth-order valence-corrected chi connectivity index (χ4v) is 3.50. The van der Waals surface area contributed by atoms with Crippen LogP contribution in [0.5, 0.6) is 5.75 Å². The largest absolute Gasteiger partial charge is 0.494 e. The second kappa shape index (κ2) is 8.06. The van der Waals surface area contributed by atoms with Crippen LogP contribution in [0.4, 0.5) is 4.39 Å². The van der Waals surface area contributed by atoms with Crippen molar-refractivity contribution >= 4 is 5.91 Å². The van der Waals surface area contributed by atoms with Gasteiger partial charge in [-0.3, -0.25) is 4.79 Å². The molecule has 0 aliphatic carbocycles. The van der Waals surface area contributed by atoms with Crippen molar-refractivity contribution in [3.05, 3.63) is 42.3 Å². The number of hydrogen-bond acceptors (Lipinski definition) is 5. The van der Waals surface area contributed by atoms with Crippen molar-refractivity contribution in [2.24, 2.45) is 5.92 Å². The number of hydrogen-bond donors (Lipinski definition) is 0. The first-order valence-electron chi connectivity index (χ1n) is 9.66. The summed E-state index contributed by atoms with van der Waals surface area (Å²) in [6.07, 6.45) is 3.89. The number of nitrogens with zero attached hydrogens (tertiary/aromatic N) is 4. The summed E-state index contributed by atoms with van der Waals surface area (Å²) in [5, 5.41) is 3.96. The average molecular weight is 398 g/mol. The van der Waals surface area contributed by atoms with Crippen molar-refractivity contribution < 1.29 is 18.4 Å². The standard InChI is InChI=1S/C21H23FN4O3/c1-14-7-10-25(11-8-14)19(27)13-26-9-3-4-17(26)21-23-20(24-29-21)15-5-6-18(28-2)16(22)12-15/h3-6,9,12,14H,7-8,10-11,13H2,1-2H3. The predicted molar refractivity (Wildman–Crippen MR) is 105 cm³/mol. The van der Waals surface area contributed by atoms with Crippen molar-refractivity contribution in [3.8, 4) is 28.7 Å². The van der Waals surface area contributed by atoms with Gasteiger partial charge in [-0.05, 0) is 49.1 Å². The number of carbonyl (C=O) groups is 1. The lowest BCUT2D eigenvalue weighted by molar-refractivity contribution is -0.133. The van der Waals surface area contributed by atoms with Gasteiger partial charge in [0.15, 0.2) is 11.6 Å². The molecule has 0 N–H and O–H groups in total. The summed E-state index contributed by atoms with van der Waals surface area (Å²) in [5.41, 5.74) is 1.13. The first-order chi connectivity index (χ1) is 14.0. The van der Waals surface area contributed by atoms with Gasteiger partial charge in [0.05, 0.1) is 7.11 Å². The highest BCUT2D eigenvalue weighted by molar-refractivity contribution is 5.77. The molecule has 0 bridgehead atoms.